The van der Waals surface area contributed by atoms with Gasteiger partial charge in [0.25, 0.3) is 0 Å². The van der Waals surface area contributed by atoms with Gasteiger partial charge in [-0.1, -0.05) is 29.8 Å². The zero-order valence-electron chi connectivity index (χ0n) is 12.5. The number of amides is 1. The van der Waals surface area contributed by atoms with E-state index in [0.717, 1.165) is 24.8 Å². The van der Waals surface area contributed by atoms with Gasteiger partial charge < -0.3 is 11.1 Å². The Morgan fingerprint density at radius 2 is 2.05 bits per heavy atom. The highest BCUT2D eigenvalue weighted by atomic mass is 35.5. The normalized spacial score (nSPS) is 22.2. The highest BCUT2D eigenvalue weighted by Crippen LogP contribution is 2.27. The van der Waals surface area contributed by atoms with Crippen LogP contribution < -0.4 is 11.1 Å². The van der Waals surface area contributed by atoms with Crippen molar-refractivity contribution in [3.8, 4) is 0 Å². The van der Waals surface area contributed by atoms with Gasteiger partial charge in [-0.05, 0) is 45.6 Å². The van der Waals surface area contributed by atoms with E-state index in [2.05, 4.69) is 44.3 Å². The average molecular weight is 297 g/mol. The molecule has 1 aliphatic rings. The first kappa shape index (κ1) is 17.0. The van der Waals surface area contributed by atoms with Gasteiger partial charge in [0.15, 0.2) is 0 Å². The third kappa shape index (κ3) is 3.97. The lowest BCUT2D eigenvalue weighted by molar-refractivity contribution is -0.126. The SMILES string of the molecule is Cc1cccc(C(C)(C)NC(=O)C2CCC(N)C2)c1.Cl. The number of carbonyl (C=O) groups excluding carboxylic acids is 1. The van der Waals surface area contributed by atoms with E-state index in [-0.39, 0.29) is 35.8 Å². The summed E-state index contributed by atoms with van der Waals surface area (Å²) in [5.74, 6) is 0.221. The molecule has 0 heterocycles. The molecule has 4 heteroatoms. The van der Waals surface area contributed by atoms with Gasteiger partial charge in [0.2, 0.25) is 5.91 Å². The lowest BCUT2D eigenvalue weighted by atomic mass is 9.92. The van der Waals surface area contributed by atoms with Crippen LogP contribution in [-0.4, -0.2) is 11.9 Å². The molecule has 1 aromatic carbocycles. The van der Waals surface area contributed by atoms with Crippen LogP contribution in [0, 0.1) is 12.8 Å². The van der Waals surface area contributed by atoms with E-state index in [1.807, 2.05) is 6.07 Å². The molecule has 2 unspecified atom stereocenters. The van der Waals surface area contributed by atoms with Crippen LogP contribution in [0.15, 0.2) is 24.3 Å². The standard InChI is InChI=1S/C16H24N2O.ClH/c1-11-5-4-6-13(9-11)16(2,3)18-15(19)12-7-8-14(17)10-12;/h4-6,9,12,14H,7-8,10,17H2,1-3H3,(H,18,19);1H. The van der Waals surface area contributed by atoms with Crippen molar-refractivity contribution in [2.24, 2.45) is 11.7 Å². The van der Waals surface area contributed by atoms with Crippen molar-refractivity contribution in [2.75, 3.05) is 0 Å². The van der Waals surface area contributed by atoms with Crippen molar-refractivity contribution in [2.45, 2.75) is 51.6 Å². The van der Waals surface area contributed by atoms with E-state index < -0.39 is 0 Å². The monoisotopic (exact) mass is 296 g/mol. The van der Waals surface area contributed by atoms with E-state index in [4.69, 9.17) is 5.73 Å². The first-order valence-electron chi connectivity index (χ1n) is 7.03. The molecule has 1 aromatic rings. The zero-order chi connectivity index (χ0) is 14.0. The Kier molecular flexibility index (Phi) is 5.60. The quantitative estimate of drug-likeness (QED) is 0.901. The average Bonchev–Trinajstić information content (AvgIpc) is 2.75. The van der Waals surface area contributed by atoms with Crippen LogP contribution in [-0.2, 0) is 10.3 Å². The van der Waals surface area contributed by atoms with E-state index in [1.165, 1.54) is 5.56 Å². The van der Waals surface area contributed by atoms with Gasteiger partial charge in [-0.25, -0.2) is 0 Å². The van der Waals surface area contributed by atoms with Crippen molar-refractivity contribution in [3.63, 3.8) is 0 Å². The van der Waals surface area contributed by atoms with Gasteiger partial charge in [0.05, 0.1) is 5.54 Å². The molecule has 20 heavy (non-hydrogen) atoms. The van der Waals surface area contributed by atoms with Crippen LogP contribution in [0.2, 0.25) is 0 Å². The van der Waals surface area contributed by atoms with E-state index in [0.29, 0.717) is 0 Å². The summed E-state index contributed by atoms with van der Waals surface area (Å²) in [6, 6.07) is 8.48. The minimum absolute atomic E-state index is 0. The van der Waals surface area contributed by atoms with Crippen molar-refractivity contribution in [1.29, 1.82) is 0 Å². The maximum absolute atomic E-state index is 12.3. The smallest absolute Gasteiger partial charge is 0.223 e. The molecule has 0 aromatic heterocycles. The number of aryl methyl sites for hydroxylation is 1. The van der Waals surface area contributed by atoms with Crippen LogP contribution in [0.4, 0.5) is 0 Å². The molecule has 1 saturated carbocycles. The number of rotatable bonds is 3. The summed E-state index contributed by atoms with van der Waals surface area (Å²) in [5, 5.41) is 3.17. The summed E-state index contributed by atoms with van der Waals surface area (Å²) >= 11 is 0. The number of benzene rings is 1. The summed E-state index contributed by atoms with van der Waals surface area (Å²) < 4.78 is 0. The Hall–Kier alpha value is -1.06. The molecule has 3 N–H and O–H groups in total. The van der Waals surface area contributed by atoms with Gasteiger partial charge in [-0.2, -0.15) is 0 Å². The number of hydrogen-bond donors (Lipinski definition) is 2. The molecular weight excluding hydrogens is 272 g/mol. The van der Waals surface area contributed by atoms with Gasteiger partial charge >= 0.3 is 0 Å². The summed E-state index contributed by atoms with van der Waals surface area (Å²) in [7, 11) is 0. The maximum atomic E-state index is 12.3. The van der Waals surface area contributed by atoms with Gasteiger partial charge in [0, 0.05) is 12.0 Å². The topological polar surface area (TPSA) is 55.1 Å². The number of halogens is 1. The number of nitrogens with two attached hydrogens (primary N) is 1. The second-order valence-electron chi connectivity index (χ2n) is 6.25. The third-order valence-electron chi connectivity index (χ3n) is 4.02. The fourth-order valence-corrected chi connectivity index (χ4v) is 2.77. The second-order valence-corrected chi connectivity index (χ2v) is 6.25. The molecule has 1 fully saturated rings. The largest absolute Gasteiger partial charge is 0.347 e. The fourth-order valence-electron chi connectivity index (χ4n) is 2.77. The van der Waals surface area contributed by atoms with Crippen LogP contribution >= 0.6 is 12.4 Å². The highest BCUT2D eigenvalue weighted by Gasteiger charge is 2.31. The fraction of sp³-hybridized carbons (Fsp3) is 0.562. The number of nitrogens with one attached hydrogen (secondary N) is 1. The molecule has 0 spiro atoms. The summed E-state index contributed by atoms with van der Waals surface area (Å²) in [5.41, 5.74) is 7.89. The molecule has 0 saturated heterocycles. The van der Waals surface area contributed by atoms with E-state index in [1.54, 1.807) is 0 Å². The minimum Gasteiger partial charge on any atom is -0.347 e. The van der Waals surface area contributed by atoms with Gasteiger partial charge in [-0.3, -0.25) is 4.79 Å². The molecule has 1 amide bonds. The molecule has 0 radical (unpaired) electrons. The number of hydrogen-bond acceptors (Lipinski definition) is 2. The zero-order valence-corrected chi connectivity index (χ0v) is 13.3. The Morgan fingerprint density at radius 3 is 2.60 bits per heavy atom. The lowest BCUT2D eigenvalue weighted by Crippen LogP contribution is -2.43. The van der Waals surface area contributed by atoms with Crippen molar-refractivity contribution >= 4 is 18.3 Å². The van der Waals surface area contributed by atoms with Gasteiger partial charge in [0.1, 0.15) is 0 Å². The van der Waals surface area contributed by atoms with Crippen molar-refractivity contribution < 1.29 is 4.79 Å². The van der Waals surface area contributed by atoms with Crippen LogP contribution in [0.3, 0.4) is 0 Å². The summed E-state index contributed by atoms with van der Waals surface area (Å²) in [4.78, 5) is 12.3. The Balaban J connectivity index is 0.00000200. The molecule has 0 aliphatic heterocycles. The van der Waals surface area contributed by atoms with Gasteiger partial charge in [-0.15, -0.1) is 12.4 Å². The van der Waals surface area contributed by atoms with Crippen molar-refractivity contribution in [1.82, 2.24) is 5.32 Å². The van der Waals surface area contributed by atoms with E-state index in [9.17, 15) is 4.79 Å². The predicted octanol–water partition coefficient (Wildman–Crippen LogP) is 2.90. The Morgan fingerprint density at radius 1 is 1.35 bits per heavy atom. The van der Waals surface area contributed by atoms with Crippen LogP contribution in [0.5, 0.6) is 0 Å². The van der Waals surface area contributed by atoms with E-state index >= 15 is 0 Å². The molecule has 2 rings (SSSR count). The summed E-state index contributed by atoms with van der Waals surface area (Å²) in [6.07, 6.45) is 2.69. The maximum Gasteiger partial charge on any atom is 0.223 e. The van der Waals surface area contributed by atoms with Crippen LogP contribution in [0.25, 0.3) is 0 Å². The summed E-state index contributed by atoms with van der Waals surface area (Å²) in [6.45, 7) is 6.17. The molecule has 1 aliphatic carbocycles. The number of carbonyl (C=O) groups is 1. The highest BCUT2D eigenvalue weighted by molar-refractivity contribution is 5.85. The van der Waals surface area contributed by atoms with Crippen LogP contribution in [0.1, 0.15) is 44.2 Å². The molecule has 2 atom stereocenters. The predicted molar refractivity (Wildman–Crippen MR) is 84.9 cm³/mol. The van der Waals surface area contributed by atoms with Crippen molar-refractivity contribution in [3.05, 3.63) is 35.4 Å². The molecular formula is C16H25ClN2O. The molecule has 112 valence electrons. The molecule has 3 nitrogen and oxygen atoms in total. The third-order valence-corrected chi connectivity index (χ3v) is 4.02. The molecule has 0 bridgehead atoms. The minimum atomic E-state index is -0.338. The second kappa shape index (κ2) is 6.59. The Labute approximate surface area is 127 Å². The first-order chi connectivity index (χ1) is 8.88. The lowest BCUT2D eigenvalue weighted by Gasteiger charge is -2.29. The Bertz CT molecular complexity index is 473. The first-order valence-corrected chi connectivity index (χ1v) is 7.03.